The molecule has 0 unspecified atom stereocenters. The SMILES string of the molecule is CCCCc1nnc(NC(=O)c2c[nH]c(=O)n(Cc3cccs3)c2=O)s1. The lowest BCUT2D eigenvalue weighted by Crippen LogP contribution is -2.39. The average Bonchev–Trinajstić information content (AvgIpc) is 3.28. The fourth-order valence-corrected chi connectivity index (χ4v) is 3.74. The molecule has 0 saturated carbocycles. The van der Waals surface area contributed by atoms with E-state index in [2.05, 4.69) is 27.4 Å². The van der Waals surface area contributed by atoms with Crippen LogP contribution in [0.5, 0.6) is 0 Å². The van der Waals surface area contributed by atoms with Gasteiger partial charge in [0.2, 0.25) is 5.13 Å². The van der Waals surface area contributed by atoms with Crippen molar-refractivity contribution in [2.45, 2.75) is 32.7 Å². The van der Waals surface area contributed by atoms with E-state index < -0.39 is 17.2 Å². The molecule has 2 N–H and O–H groups in total. The van der Waals surface area contributed by atoms with Crippen molar-refractivity contribution in [3.63, 3.8) is 0 Å². The molecule has 0 aliphatic carbocycles. The summed E-state index contributed by atoms with van der Waals surface area (Å²) in [6, 6.07) is 3.66. The second-order valence-electron chi connectivity index (χ2n) is 5.54. The molecule has 0 aliphatic heterocycles. The first kappa shape index (κ1) is 18.2. The van der Waals surface area contributed by atoms with Crippen LogP contribution in [0, 0.1) is 0 Å². The number of aromatic amines is 1. The number of hydrogen-bond acceptors (Lipinski definition) is 7. The van der Waals surface area contributed by atoms with Crippen LogP contribution in [0.15, 0.2) is 33.3 Å². The van der Waals surface area contributed by atoms with Gasteiger partial charge in [-0.25, -0.2) is 4.79 Å². The summed E-state index contributed by atoms with van der Waals surface area (Å²) >= 11 is 2.71. The van der Waals surface area contributed by atoms with Crippen molar-refractivity contribution >= 4 is 33.7 Å². The summed E-state index contributed by atoms with van der Waals surface area (Å²) in [5.41, 5.74) is -1.35. The lowest BCUT2D eigenvalue weighted by Gasteiger charge is -2.05. The molecule has 0 saturated heterocycles. The van der Waals surface area contributed by atoms with E-state index in [1.807, 2.05) is 17.5 Å². The minimum Gasteiger partial charge on any atom is -0.313 e. The summed E-state index contributed by atoms with van der Waals surface area (Å²) in [5, 5.41) is 13.5. The van der Waals surface area contributed by atoms with Crippen molar-refractivity contribution in [3.8, 4) is 0 Å². The maximum Gasteiger partial charge on any atom is 0.328 e. The molecular formula is C16H17N5O3S2. The first-order valence-electron chi connectivity index (χ1n) is 8.07. The molecule has 26 heavy (non-hydrogen) atoms. The maximum absolute atomic E-state index is 12.5. The fourth-order valence-electron chi connectivity index (χ4n) is 2.27. The predicted molar refractivity (Wildman–Crippen MR) is 101 cm³/mol. The van der Waals surface area contributed by atoms with Crippen molar-refractivity contribution in [3.05, 3.63) is 60.0 Å². The van der Waals surface area contributed by atoms with Crippen LogP contribution in [0.1, 0.15) is 40.0 Å². The Labute approximate surface area is 156 Å². The highest BCUT2D eigenvalue weighted by atomic mass is 32.1. The average molecular weight is 391 g/mol. The van der Waals surface area contributed by atoms with E-state index in [0.717, 1.165) is 39.9 Å². The van der Waals surface area contributed by atoms with Gasteiger partial charge in [0.1, 0.15) is 10.6 Å². The van der Waals surface area contributed by atoms with E-state index in [-0.39, 0.29) is 12.1 Å². The van der Waals surface area contributed by atoms with Gasteiger partial charge in [0.05, 0.1) is 6.54 Å². The number of aromatic nitrogens is 4. The number of amides is 1. The Morgan fingerprint density at radius 2 is 2.19 bits per heavy atom. The third-order valence-corrected chi connectivity index (χ3v) is 5.39. The summed E-state index contributed by atoms with van der Waals surface area (Å²) in [6.45, 7) is 2.20. The number of unbranched alkanes of at least 4 members (excludes halogenated alkanes) is 1. The van der Waals surface area contributed by atoms with Gasteiger partial charge < -0.3 is 4.98 Å². The fraction of sp³-hybridized carbons (Fsp3) is 0.312. The van der Waals surface area contributed by atoms with Gasteiger partial charge in [0.25, 0.3) is 11.5 Å². The number of rotatable bonds is 7. The van der Waals surface area contributed by atoms with Crippen LogP contribution < -0.4 is 16.6 Å². The highest BCUT2D eigenvalue weighted by Gasteiger charge is 2.17. The van der Waals surface area contributed by atoms with E-state index >= 15 is 0 Å². The molecule has 10 heteroatoms. The third-order valence-electron chi connectivity index (χ3n) is 3.63. The molecule has 0 bridgehead atoms. The number of thiophene rings is 1. The number of aryl methyl sites for hydroxylation is 1. The zero-order chi connectivity index (χ0) is 18.5. The molecule has 0 spiro atoms. The second-order valence-corrected chi connectivity index (χ2v) is 7.63. The van der Waals surface area contributed by atoms with Gasteiger partial charge >= 0.3 is 5.69 Å². The lowest BCUT2D eigenvalue weighted by atomic mass is 10.3. The van der Waals surface area contributed by atoms with Crippen LogP contribution in [-0.4, -0.2) is 25.7 Å². The number of hydrogen-bond donors (Lipinski definition) is 2. The summed E-state index contributed by atoms with van der Waals surface area (Å²) in [6.07, 6.45) is 3.97. The van der Waals surface area contributed by atoms with E-state index in [1.54, 1.807) is 0 Å². The normalized spacial score (nSPS) is 10.8. The number of anilines is 1. The van der Waals surface area contributed by atoms with Crippen molar-refractivity contribution in [2.75, 3.05) is 5.32 Å². The number of nitrogens with zero attached hydrogens (tertiary/aromatic N) is 3. The summed E-state index contributed by atoms with van der Waals surface area (Å²) in [5.74, 6) is -0.621. The maximum atomic E-state index is 12.5. The molecule has 3 aromatic rings. The van der Waals surface area contributed by atoms with Gasteiger partial charge in [-0.05, 0) is 17.9 Å². The van der Waals surface area contributed by atoms with Gasteiger partial charge in [0, 0.05) is 17.5 Å². The predicted octanol–water partition coefficient (Wildman–Crippen LogP) is 2.09. The van der Waals surface area contributed by atoms with E-state index in [4.69, 9.17) is 0 Å². The smallest absolute Gasteiger partial charge is 0.313 e. The Hall–Kier alpha value is -2.59. The van der Waals surface area contributed by atoms with Crippen LogP contribution in [0.25, 0.3) is 0 Å². The van der Waals surface area contributed by atoms with E-state index in [0.29, 0.717) is 5.13 Å². The topological polar surface area (TPSA) is 110 Å². The molecule has 0 atom stereocenters. The van der Waals surface area contributed by atoms with Crippen LogP contribution in [0.4, 0.5) is 5.13 Å². The standard InChI is InChI=1S/C16H17N5O3S2/c1-2-3-6-12-19-20-15(26-12)18-13(22)11-8-17-16(24)21(14(11)23)9-10-5-4-7-25-10/h4-5,7-8H,2-3,6,9H2,1H3,(H,17,24)(H,18,20,22). The Kier molecular flexibility index (Phi) is 5.74. The van der Waals surface area contributed by atoms with Crippen LogP contribution in [0.3, 0.4) is 0 Å². The minimum absolute atomic E-state index is 0.118. The van der Waals surface area contributed by atoms with Gasteiger partial charge in [-0.1, -0.05) is 30.7 Å². The summed E-state index contributed by atoms with van der Waals surface area (Å²) in [4.78, 5) is 40.2. The van der Waals surface area contributed by atoms with Gasteiger partial charge in [0.15, 0.2) is 0 Å². The number of H-pyrrole nitrogens is 1. The Bertz CT molecular complexity index is 1000. The molecule has 3 aromatic heterocycles. The van der Waals surface area contributed by atoms with Gasteiger partial charge in [-0.3, -0.25) is 19.5 Å². The molecule has 0 radical (unpaired) electrons. The van der Waals surface area contributed by atoms with Crippen LogP contribution in [0.2, 0.25) is 0 Å². The number of nitrogens with one attached hydrogen (secondary N) is 2. The van der Waals surface area contributed by atoms with Gasteiger partial charge in [-0.15, -0.1) is 21.5 Å². The molecular weight excluding hydrogens is 374 g/mol. The molecule has 0 aliphatic rings. The molecule has 0 fully saturated rings. The summed E-state index contributed by atoms with van der Waals surface area (Å²) in [7, 11) is 0. The third kappa shape index (κ3) is 4.14. The van der Waals surface area contributed by atoms with E-state index in [9.17, 15) is 14.4 Å². The molecule has 8 nitrogen and oxygen atoms in total. The number of carbonyl (C=O) groups excluding carboxylic acids is 1. The van der Waals surface area contributed by atoms with E-state index in [1.165, 1.54) is 22.7 Å². The molecule has 3 rings (SSSR count). The molecule has 0 aromatic carbocycles. The Morgan fingerprint density at radius 3 is 2.92 bits per heavy atom. The monoisotopic (exact) mass is 391 g/mol. The Balaban J connectivity index is 1.80. The van der Waals surface area contributed by atoms with Crippen molar-refractivity contribution in [1.82, 2.24) is 19.7 Å². The van der Waals surface area contributed by atoms with Crippen LogP contribution in [-0.2, 0) is 13.0 Å². The molecule has 1 amide bonds. The summed E-state index contributed by atoms with van der Waals surface area (Å²) < 4.78 is 1.01. The van der Waals surface area contributed by atoms with Crippen molar-refractivity contribution < 1.29 is 4.79 Å². The quantitative estimate of drug-likeness (QED) is 0.641. The highest BCUT2D eigenvalue weighted by Crippen LogP contribution is 2.17. The van der Waals surface area contributed by atoms with Crippen molar-refractivity contribution in [1.29, 1.82) is 0 Å². The first-order chi connectivity index (χ1) is 12.6. The second kappa shape index (κ2) is 8.19. The van der Waals surface area contributed by atoms with Gasteiger partial charge in [-0.2, -0.15) is 0 Å². The molecule has 136 valence electrons. The minimum atomic E-state index is -0.643. The zero-order valence-electron chi connectivity index (χ0n) is 14.0. The largest absolute Gasteiger partial charge is 0.328 e. The first-order valence-corrected chi connectivity index (χ1v) is 9.76. The number of carbonyl (C=O) groups is 1. The van der Waals surface area contributed by atoms with Crippen LogP contribution >= 0.6 is 22.7 Å². The van der Waals surface area contributed by atoms with Crippen molar-refractivity contribution in [2.24, 2.45) is 0 Å². The zero-order valence-corrected chi connectivity index (χ0v) is 15.7. The lowest BCUT2D eigenvalue weighted by molar-refractivity contribution is 0.102. The highest BCUT2D eigenvalue weighted by molar-refractivity contribution is 7.15. The Morgan fingerprint density at radius 1 is 1.35 bits per heavy atom. The molecule has 3 heterocycles.